The van der Waals surface area contributed by atoms with Crippen molar-refractivity contribution < 1.29 is 121 Å². The quantitative estimate of drug-likeness (QED) is 0.104. The van der Waals surface area contributed by atoms with Crippen molar-refractivity contribution in [2.75, 3.05) is 26.4 Å². The molecule has 2 unspecified atom stereocenters. The van der Waals surface area contributed by atoms with E-state index in [2.05, 4.69) is 0 Å². The second-order valence-electron chi connectivity index (χ2n) is 14.2. The van der Waals surface area contributed by atoms with E-state index in [4.69, 9.17) is 55.8 Å². The average Bonchev–Trinajstić information content (AvgIpc) is 3.33. The monoisotopic (exact) mass is 1140 g/mol. The molecule has 2 atom stereocenters. The first-order valence-corrected chi connectivity index (χ1v) is 21.5. The van der Waals surface area contributed by atoms with Gasteiger partial charge in [-0.25, -0.2) is 0 Å². The number of aryl methyl sites for hydroxylation is 2. The maximum atomic E-state index is 12.3. The van der Waals surface area contributed by atoms with Gasteiger partial charge in [-0.05, 0) is 68.4 Å². The zero-order valence-electron chi connectivity index (χ0n) is 42.1. The Kier molecular flexibility index (Phi) is 33.9. The van der Waals surface area contributed by atoms with Crippen LogP contribution in [-0.2, 0) is 84.6 Å². The second kappa shape index (κ2) is 35.9. The fourth-order valence-electron chi connectivity index (χ4n) is 6.24. The van der Waals surface area contributed by atoms with Gasteiger partial charge in [-0.2, -0.15) is 19.2 Å². The van der Waals surface area contributed by atoms with Crippen LogP contribution in [0.2, 0.25) is 0 Å². The molecule has 0 N–H and O–H groups in total. The van der Waals surface area contributed by atoms with Gasteiger partial charge in [-0.1, -0.05) is 59.7 Å². The van der Waals surface area contributed by atoms with Crippen molar-refractivity contribution in [3.05, 3.63) is 177 Å². The van der Waals surface area contributed by atoms with Crippen LogP contribution in [0.4, 0.5) is 0 Å². The minimum atomic E-state index is -0.150. The van der Waals surface area contributed by atoms with Crippen LogP contribution >= 0.6 is 0 Å². The van der Waals surface area contributed by atoms with Gasteiger partial charge in [0.25, 0.3) is 0 Å². The molecule has 0 saturated heterocycles. The normalized spacial score (nSPS) is 10.2. The van der Waals surface area contributed by atoms with E-state index in [1.165, 1.54) is 36.8 Å². The third-order valence-corrected chi connectivity index (χ3v) is 9.06. The molecule has 8 aromatic rings. The Balaban J connectivity index is 0. The van der Waals surface area contributed by atoms with Gasteiger partial charge >= 0.3 is 12.3 Å². The van der Waals surface area contributed by atoms with Crippen LogP contribution in [0.25, 0.3) is 43.9 Å². The van der Waals surface area contributed by atoms with Crippen molar-refractivity contribution in [1.29, 1.82) is 0 Å². The summed E-state index contributed by atoms with van der Waals surface area (Å²) in [5.41, 5.74) is 1.49. The molecule has 0 aliphatic rings. The Morgan fingerprint density at radius 3 is 1.25 bits per heavy atom. The molecule has 18 heteroatoms. The molecule has 8 rings (SSSR count). The van der Waals surface area contributed by atoms with Gasteiger partial charge in [0.2, 0.25) is 0 Å². The zero-order valence-corrected chi connectivity index (χ0v) is 47.7. The number of benzene rings is 4. The standard InChI is InChI=1S/2C23H20O6.2C2H6.2CO2.2CH3.2Y/c1-14(12-27-19-6-3-5-18-22(19)16(24)9-10-26-18)13-28-20-7-4-8-21-23(20)17(25)11-15(2)29-21;1-14(13-28-22-5-3-4-21-23(22)18(24)8-9-26-21)12-27-16-6-7-20-17(11-16)19(25)10-15(2)29-20;2*1-2;2*2-1-3;;;;/h2*3-11,14H,12-13H2,1-2H3;2*1-2H3;;;2*1H3;;/q;;;;;;2*-1;;. The van der Waals surface area contributed by atoms with Crippen LogP contribution in [0, 0.1) is 40.5 Å². The summed E-state index contributed by atoms with van der Waals surface area (Å²) >= 11 is 0. The molecule has 0 amide bonds. The largest absolute Gasteiger partial charge is 0.493 e. The zero-order chi connectivity index (χ0) is 50.2. The first-order chi connectivity index (χ1) is 32.9. The number of fused-ring (bicyclic) bond motifs is 4. The van der Waals surface area contributed by atoms with E-state index in [0.29, 0.717) is 105 Å². The summed E-state index contributed by atoms with van der Waals surface area (Å²) in [6, 6.07) is 26.6. The third kappa shape index (κ3) is 19.8. The molecular weight excluding hydrogens is 1080 g/mol. The van der Waals surface area contributed by atoms with E-state index in [0.717, 1.165) is 0 Å². The summed E-state index contributed by atoms with van der Waals surface area (Å²) in [5.74, 6) is 3.22. The minimum absolute atomic E-state index is 0. The first kappa shape index (κ1) is 68.0. The van der Waals surface area contributed by atoms with E-state index >= 15 is 0 Å². The van der Waals surface area contributed by atoms with Crippen LogP contribution in [0.5, 0.6) is 23.0 Å². The van der Waals surface area contributed by atoms with Crippen LogP contribution in [-0.4, -0.2) is 38.7 Å². The van der Waals surface area contributed by atoms with Crippen LogP contribution < -0.4 is 40.7 Å². The summed E-state index contributed by atoms with van der Waals surface area (Å²) in [4.78, 5) is 81.2. The molecule has 0 fully saturated rings. The predicted octanol–water partition coefficient (Wildman–Crippen LogP) is 10.4. The van der Waals surface area contributed by atoms with Crippen molar-refractivity contribution in [3.63, 3.8) is 0 Å². The molecule has 4 aromatic heterocycles. The Hall–Kier alpha value is -6.11. The molecule has 16 nitrogen and oxygen atoms in total. The Morgan fingerprint density at radius 1 is 0.458 bits per heavy atom. The average molecular weight is 1140 g/mol. The van der Waals surface area contributed by atoms with Gasteiger partial charge in [0.1, 0.15) is 73.0 Å². The van der Waals surface area contributed by atoms with Gasteiger partial charge in [-0.3, -0.25) is 19.2 Å². The smallest absolute Gasteiger partial charge is 0.373 e. The minimum Gasteiger partial charge on any atom is -0.493 e. The molecule has 0 aliphatic heterocycles. The Labute approximate surface area is 467 Å². The van der Waals surface area contributed by atoms with E-state index < -0.39 is 0 Å². The van der Waals surface area contributed by atoms with E-state index in [9.17, 15) is 19.2 Å². The van der Waals surface area contributed by atoms with Gasteiger partial charge in [0, 0.05) is 102 Å². The van der Waals surface area contributed by atoms with E-state index in [1.807, 2.05) is 41.5 Å². The molecule has 72 heavy (non-hydrogen) atoms. The molecule has 378 valence electrons. The summed E-state index contributed by atoms with van der Waals surface area (Å²) < 4.78 is 45.3. The van der Waals surface area contributed by atoms with Gasteiger partial charge in [0.05, 0.1) is 44.3 Å². The molecule has 0 bridgehead atoms. The summed E-state index contributed by atoms with van der Waals surface area (Å²) in [6.07, 6.45) is 3.24. The Morgan fingerprint density at radius 2 is 0.819 bits per heavy atom. The van der Waals surface area contributed by atoms with Crippen molar-refractivity contribution in [1.82, 2.24) is 0 Å². The van der Waals surface area contributed by atoms with Gasteiger partial charge < -0.3 is 51.5 Å². The molecule has 2 radical (unpaired) electrons. The fourth-order valence-corrected chi connectivity index (χ4v) is 6.24. The third-order valence-electron chi connectivity index (χ3n) is 9.06. The molecule has 4 heterocycles. The van der Waals surface area contributed by atoms with Crippen molar-refractivity contribution in [2.45, 2.75) is 55.4 Å². The molecule has 0 aliphatic carbocycles. The number of carbonyl (C=O) groups excluding carboxylic acids is 4. The number of hydrogen-bond donors (Lipinski definition) is 0. The van der Waals surface area contributed by atoms with Crippen molar-refractivity contribution in [3.8, 4) is 23.0 Å². The number of rotatable bonds is 12. The first-order valence-electron chi connectivity index (χ1n) is 21.5. The molecule has 0 saturated carbocycles. The fraction of sp³-hybridized carbons (Fsp3) is 0.259. The predicted molar refractivity (Wildman–Crippen MR) is 265 cm³/mol. The number of ether oxygens (including phenoxy) is 4. The summed E-state index contributed by atoms with van der Waals surface area (Å²) in [7, 11) is 0. The summed E-state index contributed by atoms with van der Waals surface area (Å²) in [6.45, 7) is 16.9. The topological polar surface area (TPSA) is 226 Å². The van der Waals surface area contributed by atoms with Gasteiger partial charge in [0.15, 0.2) is 21.7 Å². The number of hydrogen-bond acceptors (Lipinski definition) is 16. The summed E-state index contributed by atoms with van der Waals surface area (Å²) in [5, 5.41) is 1.77. The van der Waals surface area contributed by atoms with E-state index in [-0.39, 0.29) is 126 Å². The Bertz CT molecular complexity index is 3170. The van der Waals surface area contributed by atoms with Crippen LogP contribution in [0.3, 0.4) is 0 Å². The van der Waals surface area contributed by atoms with Crippen molar-refractivity contribution >= 4 is 56.2 Å². The van der Waals surface area contributed by atoms with Gasteiger partial charge in [-0.15, -0.1) is 0 Å². The SMILES string of the molecule is CC.CC.Cc1cc(=O)c2c(OCC(C)COc3cccc4occc(=O)c34)cccc2o1.Cc1cc(=O)c2cc(OCC(C)COc3cccc4occc(=O)c34)ccc2o1.O=C=O.O=C=O.[CH3-].[CH3-].[Y].[Y]. The maximum absolute atomic E-state index is 12.3. The van der Waals surface area contributed by atoms with Crippen LogP contribution in [0.1, 0.15) is 53.1 Å². The van der Waals surface area contributed by atoms with E-state index in [1.54, 1.807) is 86.6 Å². The molecular formula is C54H58O16Y2-2. The van der Waals surface area contributed by atoms with Crippen molar-refractivity contribution in [2.24, 2.45) is 11.8 Å². The molecule has 0 spiro atoms. The van der Waals surface area contributed by atoms with Crippen LogP contribution in [0.15, 0.2) is 146 Å². The second-order valence-corrected chi connectivity index (χ2v) is 14.2. The maximum Gasteiger partial charge on any atom is 0.373 e. The molecule has 4 aromatic carbocycles.